The zero-order valence-electron chi connectivity index (χ0n) is 9.50. The van der Waals surface area contributed by atoms with Crippen LogP contribution in [0.3, 0.4) is 0 Å². The first-order valence-electron chi connectivity index (χ1n) is 5.76. The molecule has 0 heterocycles. The fourth-order valence-electron chi connectivity index (χ4n) is 2.02. The minimum absolute atomic E-state index is 0.00919. The molecule has 3 N–H and O–H groups in total. The summed E-state index contributed by atoms with van der Waals surface area (Å²) in [5.41, 5.74) is 5.71. The van der Waals surface area contributed by atoms with Gasteiger partial charge in [0.2, 0.25) is 5.91 Å². The van der Waals surface area contributed by atoms with E-state index in [2.05, 4.69) is 5.32 Å². The first-order valence-corrected chi connectivity index (χ1v) is 7.15. The topological polar surface area (TPSA) is 55.1 Å². The zero-order valence-corrected chi connectivity index (χ0v) is 10.3. The molecule has 1 unspecified atom stereocenters. The molecule has 0 aromatic rings. The second-order valence-electron chi connectivity index (χ2n) is 4.31. The molecule has 1 aliphatic rings. The highest BCUT2D eigenvalue weighted by atomic mass is 32.2. The summed E-state index contributed by atoms with van der Waals surface area (Å²) in [5, 5.41) is 2.96. The fourth-order valence-corrected chi connectivity index (χ4v) is 2.53. The van der Waals surface area contributed by atoms with E-state index in [1.165, 1.54) is 32.1 Å². The molecule has 1 saturated carbocycles. The first kappa shape index (κ1) is 12.8. The molecule has 1 aliphatic carbocycles. The molecule has 0 aliphatic heterocycles. The van der Waals surface area contributed by atoms with Gasteiger partial charge >= 0.3 is 0 Å². The Morgan fingerprint density at radius 3 is 2.73 bits per heavy atom. The third kappa shape index (κ3) is 4.89. The van der Waals surface area contributed by atoms with Crippen LogP contribution >= 0.6 is 11.8 Å². The van der Waals surface area contributed by atoms with Crippen LogP contribution < -0.4 is 11.1 Å². The number of thioether (sulfide) groups is 1. The molecule has 3 nitrogen and oxygen atoms in total. The molecule has 1 atom stereocenters. The number of carbonyl (C=O) groups excluding carboxylic acids is 1. The lowest BCUT2D eigenvalue weighted by Gasteiger charge is -2.22. The Bertz CT molecular complexity index is 193. The first-order chi connectivity index (χ1) is 7.24. The standard InChI is InChI=1S/C11H22N2OS/c1-15-8-10(12)11(14)13-7-9-5-3-2-4-6-9/h9-10H,2-8,12H2,1H3,(H,13,14). The summed E-state index contributed by atoms with van der Waals surface area (Å²) in [5.74, 6) is 1.40. The van der Waals surface area contributed by atoms with Gasteiger partial charge in [0.05, 0.1) is 6.04 Å². The van der Waals surface area contributed by atoms with Crippen LogP contribution in [-0.4, -0.2) is 30.5 Å². The Balaban J connectivity index is 2.14. The second kappa shape index (κ2) is 7.12. The van der Waals surface area contributed by atoms with Crippen molar-refractivity contribution in [3.8, 4) is 0 Å². The number of nitrogens with two attached hydrogens (primary N) is 1. The van der Waals surface area contributed by atoms with E-state index in [0.717, 1.165) is 6.54 Å². The van der Waals surface area contributed by atoms with E-state index in [-0.39, 0.29) is 11.9 Å². The van der Waals surface area contributed by atoms with Crippen molar-refractivity contribution in [2.45, 2.75) is 38.1 Å². The lowest BCUT2D eigenvalue weighted by Crippen LogP contribution is -2.44. The van der Waals surface area contributed by atoms with Gasteiger partial charge in [-0.1, -0.05) is 19.3 Å². The van der Waals surface area contributed by atoms with Gasteiger partial charge in [-0.15, -0.1) is 0 Å². The van der Waals surface area contributed by atoms with Crippen molar-refractivity contribution in [1.29, 1.82) is 0 Å². The maximum Gasteiger partial charge on any atom is 0.237 e. The van der Waals surface area contributed by atoms with Gasteiger partial charge in [-0.25, -0.2) is 0 Å². The summed E-state index contributed by atoms with van der Waals surface area (Å²) in [6, 6.07) is -0.344. The molecule has 0 spiro atoms. The van der Waals surface area contributed by atoms with Gasteiger partial charge in [-0.2, -0.15) is 11.8 Å². The molecule has 0 aromatic heterocycles. The maximum absolute atomic E-state index is 11.5. The van der Waals surface area contributed by atoms with Gasteiger partial charge in [0.1, 0.15) is 0 Å². The van der Waals surface area contributed by atoms with Crippen molar-refractivity contribution in [3.63, 3.8) is 0 Å². The molecule has 4 heteroatoms. The maximum atomic E-state index is 11.5. The molecule has 0 saturated heterocycles. The SMILES string of the molecule is CSCC(N)C(=O)NCC1CCCCC1. The minimum Gasteiger partial charge on any atom is -0.354 e. The van der Waals surface area contributed by atoms with Crippen LogP contribution in [0.4, 0.5) is 0 Å². The average molecular weight is 230 g/mol. The molecule has 0 radical (unpaired) electrons. The summed E-state index contributed by atoms with van der Waals surface area (Å²) < 4.78 is 0. The van der Waals surface area contributed by atoms with Crippen LogP contribution in [0.5, 0.6) is 0 Å². The number of nitrogens with one attached hydrogen (secondary N) is 1. The molecule has 1 fully saturated rings. The van der Waals surface area contributed by atoms with Crippen LogP contribution in [0.2, 0.25) is 0 Å². The van der Waals surface area contributed by atoms with Crippen molar-refractivity contribution >= 4 is 17.7 Å². The number of carbonyl (C=O) groups is 1. The van der Waals surface area contributed by atoms with Crippen LogP contribution in [0.15, 0.2) is 0 Å². The van der Waals surface area contributed by atoms with E-state index in [4.69, 9.17) is 5.73 Å². The highest BCUT2D eigenvalue weighted by Crippen LogP contribution is 2.22. The number of hydrogen-bond donors (Lipinski definition) is 2. The van der Waals surface area contributed by atoms with E-state index in [0.29, 0.717) is 11.7 Å². The van der Waals surface area contributed by atoms with Crippen LogP contribution in [0, 0.1) is 5.92 Å². The van der Waals surface area contributed by atoms with Crippen molar-refractivity contribution in [3.05, 3.63) is 0 Å². The van der Waals surface area contributed by atoms with Crippen LogP contribution in [0.25, 0.3) is 0 Å². The van der Waals surface area contributed by atoms with Gasteiger partial charge in [0.25, 0.3) is 0 Å². The van der Waals surface area contributed by atoms with Gasteiger partial charge in [-0.05, 0) is 25.0 Å². The summed E-state index contributed by atoms with van der Waals surface area (Å²) in [6.45, 7) is 0.820. The predicted molar refractivity (Wildman–Crippen MR) is 65.9 cm³/mol. The lowest BCUT2D eigenvalue weighted by molar-refractivity contribution is -0.122. The number of rotatable bonds is 5. The van der Waals surface area contributed by atoms with Gasteiger partial charge < -0.3 is 11.1 Å². The number of hydrogen-bond acceptors (Lipinski definition) is 3. The van der Waals surface area contributed by atoms with Crippen molar-refractivity contribution in [2.24, 2.45) is 11.7 Å². The largest absolute Gasteiger partial charge is 0.354 e. The molecule has 88 valence electrons. The molecule has 1 amide bonds. The third-order valence-corrected chi connectivity index (χ3v) is 3.67. The second-order valence-corrected chi connectivity index (χ2v) is 5.22. The predicted octanol–water partition coefficient (Wildman–Crippen LogP) is 1.37. The van der Waals surface area contributed by atoms with Crippen LogP contribution in [-0.2, 0) is 4.79 Å². The fraction of sp³-hybridized carbons (Fsp3) is 0.909. The normalized spacial score (nSPS) is 19.9. The number of amides is 1. The lowest BCUT2D eigenvalue weighted by atomic mass is 9.89. The summed E-state index contributed by atoms with van der Waals surface area (Å²) in [7, 11) is 0. The highest BCUT2D eigenvalue weighted by Gasteiger charge is 2.16. The Labute approximate surface area is 96.6 Å². The summed E-state index contributed by atoms with van der Waals surface area (Å²) in [6.07, 6.45) is 8.48. The Morgan fingerprint density at radius 2 is 2.13 bits per heavy atom. The van der Waals surface area contributed by atoms with Gasteiger partial charge in [0, 0.05) is 12.3 Å². The molecule has 15 heavy (non-hydrogen) atoms. The van der Waals surface area contributed by atoms with E-state index in [1.807, 2.05) is 6.26 Å². The molecule has 0 aromatic carbocycles. The van der Waals surface area contributed by atoms with E-state index in [9.17, 15) is 4.79 Å². The monoisotopic (exact) mass is 230 g/mol. The molecule has 0 bridgehead atoms. The van der Waals surface area contributed by atoms with Crippen molar-refractivity contribution < 1.29 is 4.79 Å². The van der Waals surface area contributed by atoms with Crippen molar-refractivity contribution in [1.82, 2.24) is 5.32 Å². The Hall–Kier alpha value is -0.220. The highest BCUT2D eigenvalue weighted by molar-refractivity contribution is 7.98. The van der Waals surface area contributed by atoms with Gasteiger partial charge in [-0.3, -0.25) is 4.79 Å². The Kier molecular flexibility index (Phi) is 6.10. The third-order valence-electron chi connectivity index (χ3n) is 2.97. The smallest absolute Gasteiger partial charge is 0.237 e. The zero-order chi connectivity index (χ0) is 11.1. The molecule has 1 rings (SSSR count). The van der Waals surface area contributed by atoms with Gasteiger partial charge in [0.15, 0.2) is 0 Å². The minimum atomic E-state index is -0.344. The Morgan fingerprint density at radius 1 is 1.47 bits per heavy atom. The van der Waals surface area contributed by atoms with E-state index < -0.39 is 0 Å². The van der Waals surface area contributed by atoms with Crippen molar-refractivity contribution in [2.75, 3.05) is 18.6 Å². The van der Waals surface area contributed by atoms with E-state index in [1.54, 1.807) is 11.8 Å². The van der Waals surface area contributed by atoms with Crippen LogP contribution in [0.1, 0.15) is 32.1 Å². The molecular formula is C11H22N2OS. The average Bonchev–Trinajstić information content (AvgIpc) is 2.27. The summed E-state index contributed by atoms with van der Waals surface area (Å²) in [4.78, 5) is 11.5. The quantitative estimate of drug-likeness (QED) is 0.750. The van der Waals surface area contributed by atoms with E-state index >= 15 is 0 Å². The summed E-state index contributed by atoms with van der Waals surface area (Å²) >= 11 is 1.61. The molecular weight excluding hydrogens is 208 g/mol.